The zero-order valence-electron chi connectivity index (χ0n) is 20.3. The highest BCUT2D eigenvalue weighted by atomic mass is 16.5. The number of carbonyl (C=O) groups is 2. The molecule has 6 nitrogen and oxygen atoms in total. The van der Waals surface area contributed by atoms with Gasteiger partial charge in [0, 0.05) is 44.0 Å². The lowest BCUT2D eigenvalue weighted by molar-refractivity contribution is -0.132. The fourth-order valence-electron chi connectivity index (χ4n) is 4.38. The summed E-state index contributed by atoms with van der Waals surface area (Å²) in [6, 6.07) is 17.1. The molecule has 1 saturated heterocycles. The van der Waals surface area contributed by atoms with Gasteiger partial charge >= 0.3 is 0 Å². The molecule has 1 atom stereocenters. The minimum Gasteiger partial charge on any atom is -0.484 e. The maximum absolute atomic E-state index is 12.7. The molecule has 6 heteroatoms. The maximum atomic E-state index is 12.7. The third-order valence-electron chi connectivity index (χ3n) is 5.75. The molecule has 1 heterocycles. The molecule has 1 fully saturated rings. The largest absolute Gasteiger partial charge is 0.484 e. The minimum absolute atomic E-state index is 0.0316. The van der Waals surface area contributed by atoms with E-state index < -0.39 is 0 Å². The second-order valence-electron chi connectivity index (χ2n) is 10.1. The summed E-state index contributed by atoms with van der Waals surface area (Å²) < 4.78 is 5.48. The molecule has 2 amide bonds. The van der Waals surface area contributed by atoms with E-state index in [-0.39, 0.29) is 23.8 Å². The van der Waals surface area contributed by atoms with Crippen LogP contribution in [0, 0.1) is 11.3 Å². The molecule has 0 saturated carbocycles. The second kappa shape index (κ2) is 11.2. The van der Waals surface area contributed by atoms with Crippen molar-refractivity contribution in [3.8, 4) is 5.75 Å². The number of hydrogen-bond acceptors (Lipinski definition) is 4. The first-order valence-electron chi connectivity index (χ1n) is 11.8. The van der Waals surface area contributed by atoms with E-state index in [9.17, 15) is 9.59 Å². The molecule has 33 heavy (non-hydrogen) atoms. The van der Waals surface area contributed by atoms with Crippen LogP contribution in [-0.4, -0.2) is 49.5 Å². The van der Waals surface area contributed by atoms with E-state index in [0.717, 1.165) is 44.0 Å². The molecule has 3 rings (SSSR count). The first-order valence-corrected chi connectivity index (χ1v) is 11.8. The van der Waals surface area contributed by atoms with Crippen molar-refractivity contribution in [3.63, 3.8) is 0 Å². The van der Waals surface area contributed by atoms with Gasteiger partial charge in [-0.1, -0.05) is 45.9 Å². The van der Waals surface area contributed by atoms with Crippen molar-refractivity contribution in [1.82, 2.24) is 4.90 Å². The Balaban J connectivity index is 1.42. The highest BCUT2D eigenvalue weighted by Crippen LogP contribution is 2.27. The van der Waals surface area contributed by atoms with Gasteiger partial charge in [-0.2, -0.15) is 0 Å². The van der Waals surface area contributed by atoms with E-state index in [1.54, 1.807) is 0 Å². The summed E-state index contributed by atoms with van der Waals surface area (Å²) in [5, 5.41) is 2.86. The number of ether oxygens (including phenoxy) is 1. The van der Waals surface area contributed by atoms with Crippen molar-refractivity contribution < 1.29 is 14.3 Å². The standard InChI is InChI=1S/C27H37N3O3/c1-21(19-27(2,3)4)18-26(32)30-16-14-29(15-17-30)23-12-10-22(11-13-23)28-25(31)20-33-24-8-6-5-7-9-24/h5-13,21H,14-20H2,1-4H3,(H,28,31). The number of carbonyl (C=O) groups excluding carboxylic acids is 2. The third-order valence-corrected chi connectivity index (χ3v) is 5.75. The number of hydrogen-bond donors (Lipinski definition) is 1. The summed E-state index contributed by atoms with van der Waals surface area (Å²) in [4.78, 5) is 29.1. The molecule has 0 aromatic heterocycles. The van der Waals surface area contributed by atoms with E-state index in [2.05, 4.69) is 37.9 Å². The second-order valence-corrected chi connectivity index (χ2v) is 10.1. The van der Waals surface area contributed by atoms with Gasteiger partial charge in [-0.05, 0) is 54.2 Å². The number of nitrogens with zero attached hydrogens (tertiary/aromatic N) is 2. The Kier molecular flexibility index (Phi) is 8.37. The summed E-state index contributed by atoms with van der Waals surface area (Å²) in [6.45, 7) is 11.9. The van der Waals surface area contributed by atoms with Crippen LogP contribution in [0.4, 0.5) is 11.4 Å². The van der Waals surface area contributed by atoms with Crippen molar-refractivity contribution in [3.05, 3.63) is 54.6 Å². The third kappa shape index (κ3) is 8.12. The molecule has 0 aliphatic carbocycles. The Morgan fingerprint density at radius 1 is 0.970 bits per heavy atom. The predicted molar refractivity (Wildman–Crippen MR) is 134 cm³/mol. The molecular weight excluding hydrogens is 414 g/mol. The van der Waals surface area contributed by atoms with Crippen LogP contribution in [0.25, 0.3) is 0 Å². The van der Waals surface area contributed by atoms with Crippen molar-refractivity contribution in [1.29, 1.82) is 0 Å². The molecule has 0 bridgehead atoms. The molecule has 0 spiro atoms. The van der Waals surface area contributed by atoms with Crippen molar-refractivity contribution >= 4 is 23.2 Å². The predicted octanol–water partition coefficient (Wildman–Crippen LogP) is 4.82. The number of anilines is 2. The van der Waals surface area contributed by atoms with Gasteiger partial charge < -0.3 is 19.9 Å². The van der Waals surface area contributed by atoms with Crippen LogP contribution >= 0.6 is 0 Å². The monoisotopic (exact) mass is 451 g/mol. The molecule has 178 valence electrons. The van der Waals surface area contributed by atoms with Crippen molar-refractivity contribution in [2.45, 2.75) is 40.5 Å². The lowest BCUT2D eigenvalue weighted by Crippen LogP contribution is -2.49. The fourth-order valence-corrected chi connectivity index (χ4v) is 4.38. The summed E-state index contributed by atoms with van der Waals surface area (Å²) in [5.74, 6) is 1.14. The SMILES string of the molecule is CC(CC(=O)N1CCN(c2ccc(NC(=O)COc3ccccc3)cc2)CC1)CC(C)(C)C. The minimum atomic E-state index is -0.195. The molecule has 1 unspecified atom stereocenters. The summed E-state index contributed by atoms with van der Waals surface area (Å²) in [6.07, 6.45) is 1.68. The zero-order valence-corrected chi connectivity index (χ0v) is 20.3. The van der Waals surface area contributed by atoms with Crippen LogP contribution in [0.15, 0.2) is 54.6 Å². The van der Waals surface area contributed by atoms with Crippen LogP contribution < -0.4 is 15.0 Å². The molecule has 1 aliphatic rings. The molecule has 1 aliphatic heterocycles. The van der Waals surface area contributed by atoms with Gasteiger partial charge in [0.25, 0.3) is 5.91 Å². The Bertz CT molecular complexity index is 898. The van der Waals surface area contributed by atoms with Gasteiger partial charge in [-0.15, -0.1) is 0 Å². The van der Waals surface area contributed by atoms with E-state index in [0.29, 0.717) is 18.1 Å². The Hall–Kier alpha value is -3.02. The number of para-hydroxylation sites is 1. The first kappa shape index (κ1) is 24.6. The average molecular weight is 452 g/mol. The summed E-state index contributed by atoms with van der Waals surface area (Å²) in [7, 11) is 0. The van der Waals surface area contributed by atoms with Crippen LogP contribution in [0.2, 0.25) is 0 Å². The van der Waals surface area contributed by atoms with Gasteiger partial charge in [-0.25, -0.2) is 0 Å². The van der Waals surface area contributed by atoms with Gasteiger partial charge in [0.2, 0.25) is 5.91 Å². The van der Waals surface area contributed by atoms with Crippen LogP contribution in [0.1, 0.15) is 40.5 Å². The van der Waals surface area contributed by atoms with E-state index in [1.807, 2.05) is 59.5 Å². The molecule has 0 radical (unpaired) electrons. The lowest BCUT2D eigenvalue weighted by Gasteiger charge is -2.37. The van der Waals surface area contributed by atoms with E-state index >= 15 is 0 Å². The molecule has 2 aromatic rings. The number of benzene rings is 2. The van der Waals surface area contributed by atoms with Crippen molar-refractivity contribution in [2.75, 3.05) is 43.0 Å². The normalized spacial score (nSPS) is 15.2. The highest BCUT2D eigenvalue weighted by molar-refractivity contribution is 5.92. The summed E-state index contributed by atoms with van der Waals surface area (Å²) >= 11 is 0. The first-order chi connectivity index (χ1) is 15.7. The van der Waals surface area contributed by atoms with Crippen LogP contribution in [0.3, 0.4) is 0 Å². The molecular formula is C27H37N3O3. The smallest absolute Gasteiger partial charge is 0.262 e. The molecule has 1 N–H and O–H groups in total. The van der Waals surface area contributed by atoms with E-state index in [4.69, 9.17) is 4.74 Å². The Morgan fingerprint density at radius 3 is 2.21 bits per heavy atom. The maximum Gasteiger partial charge on any atom is 0.262 e. The highest BCUT2D eigenvalue weighted by Gasteiger charge is 2.24. The zero-order chi connectivity index (χ0) is 23.8. The van der Waals surface area contributed by atoms with E-state index in [1.165, 1.54) is 0 Å². The summed E-state index contributed by atoms with van der Waals surface area (Å²) in [5.41, 5.74) is 2.09. The van der Waals surface area contributed by atoms with Gasteiger partial charge in [0.1, 0.15) is 5.75 Å². The molecule has 2 aromatic carbocycles. The number of nitrogens with one attached hydrogen (secondary N) is 1. The van der Waals surface area contributed by atoms with Gasteiger partial charge in [-0.3, -0.25) is 9.59 Å². The Labute approximate surface area is 197 Å². The van der Waals surface area contributed by atoms with Crippen LogP contribution in [0.5, 0.6) is 5.75 Å². The Morgan fingerprint density at radius 2 is 1.61 bits per heavy atom. The fraction of sp³-hybridized carbons (Fsp3) is 0.481. The quantitative estimate of drug-likeness (QED) is 0.625. The van der Waals surface area contributed by atoms with Crippen LogP contribution in [-0.2, 0) is 9.59 Å². The topological polar surface area (TPSA) is 61.9 Å². The average Bonchev–Trinajstić information content (AvgIpc) is 2.78. The number of amides is 2. The van der Waals surface area contributed by atoms with Gasteiger partial charge in [0.15, 0.2) is 6.61 Å². The van der Waals surface area contributed by atoms with Gasteiger partial charge in [0.05, 0.1) is 0 Å². The number of rotatable bonds is 8. The lowest BCUT2D eigenvalue weighted by atomic mass is 9.84. The van der Waals surface area contributed by atoms with Crippen molar-refractivity contribution in [2.24, 2.45) is 11.3 Å². The number of piperazine rings is 1.